The molecule has 1 saturated carbocycles. The summed E-state index contributed by atoms with van der Waals surface area (Å²) in [5.74, 6) is -25.1. The zero-order valence-electron chi connectivity index (χ0n) is 7.54. The molecule has 0 amide bonds. The van der Waals surface area contributed by atoms with Crippen LogP contribution in [0.5, 0.6) is 0 Å². The van der Waals surface area contributed by atoms with Gasteiger partial charge in [0.1, 0.15) is 0 Å². The first-order valence-corrected chi connectivity index (χ1v) is 5.28. The van der Waals surface area contributed by atoms with Gasteiger partial charge in [-0.25, -0.2) is 0 Å². The summed E-state index contributed by atoms with van der Waals surface area (Å²) in [4.78, 5) is 0. The predicted molar refractivity (Wildman–Crippen MR) is 48.7 cm³/mol. The summed E-state index contributed by atoms with van der Waals surface area (Å²) < 4.78 is 94.6. The first kappa shape index (κ1) is 16.7. The zero-order valence-corrected chi connectivity index (χ0v) is 10.6. The summed E-state index contributed by atoms with van der Waals surface area (Å²) >= 11 is 18.4. The summed E-state index contributed by atoms with van der Waals surface area (Å²) in [6, 6.07) is 0. The molecule has 0 radical (unpaired) electrons. The molecule has 0 aromatic carbocycles. The lowest BCUT2D eigenvalue weighted by Gasteiger charge is -2.53. The van der Waals surface area contributed by atoms with Gasteiger partial charge >= 0.3 is 23.7 Å². The minimum absolute atomic E-state index is 4.54. The molecule has 1 fully saturated rings. The largest absolute Gasteiger partial charge is 0.381 e. The zero-order chi connectivity index (χ0) is 15.0. The van der Waals surface area contributed by atoms with Crippen LogP contribution in [0.25, 0.3) is 0 Å². The summed E-state index contributed by atoms with van der Waals surface area (Å²) in [6.07, 6.45) is 0. The van der Waals surface area contributed by atoms with Crippen LogP contribution in [-0.2, 0) is 0 Å². The molecule has 0 aliphatic heterocycles. The molecule has 0 nitrogen and oxygen atoms in total. The van der Waals surface area contributed by atoms with Gasteiger partial charge in [-0.1, -0.05) is 46.4 Å². The van der Waals surface area contributed by atoms with Gasteiger partial charge in [-0.05, 0) is 0 Å². The van der Waals surface area contributed by atoms with Gasteiger partial charge in [0.25, 0.3) is 0 Å². The third-order valence-electron chi connectivity index (χ3n) is 2.37. The molecule has 1 aliphatic rings. The minimum atomic E-state index is -6.56. The first-order valence-electron chi connectivity index (χ1n) is 3.77. The second kappa shape index (κ2) is 3.62. The SMILES string of the molecule is FC1(F)C(F)(F)C(F)(F)C(Cl)(Cl)C(Cl)(Cl)C1(F)F. The van der Waals surface area contributed by atoms with Crippen LogP contribution in [0.1, 0.15) is 0 Å². The van der Waals surface area contributed by atoms with Crippen LogP contribution >= 0.6 is 46.4 Å². The van der Waals surface area contributed by atoms with Gasteiger partial charge in [-0.2, -0.15) is 35.1 Å². The second-order valence-electron chi connectivity index (χ2n) is 3.45. The molecule has 0 heterocycles. The highest BCUT2D eigenvalue weighted by Gasteiger charge is 2.97. The van der Waals surface area contributed by atoms with Crippen LogP contribution in [0.15, 0.2) is 0 Å². The fourth-order valence-electron chi connectivity index (χ4n) is 1.18. The van der Waals surface area contributed by atoms with Gasteiger partial charge in [0.2, 0.25) is 8.67 Å². The molecule has 108 valence electrons. The van der Waals surface area contributed by atoms with Crippen molar-refractivity contribution in [2.24, 2.45) is 0 Å². The molecule has 18 heavy (non-hydrogen) atoms. The van der Waals surface area contributed by atoms with Gasteiger partial charge in [0.05, 0.1) is 0 Å². The standard InChI is InChI=1S/C6Cl4F8/c7-1(8)2(9,10)4(13,14)6(17,18)5(15,16)3(1,11)12. The average Bonchev–Trinajstić information content (AvgIpc) is 2.14. The Bertz CT molecular complexity index is 259. The number of hydrogen-bond acceptors (Lipinski definition) is 0. The highest BCUT2D eigenvalue weighted by molar-refractivity contribution is 6.63. The maximum atomic E-state index is 13.1. The molecule has 0 N–H and O–H groups in total. The lowest BCUT2D eigenvalue weighted by molar-refractivity contribution is -0.397. The summed E-state index contributed by atoms with van der Waals surface area (Å²) in [6.45, 7) is 0. The van der Waals surface area contributed by atoms with E-state index in [2.05, 4.69) is 46.4 Å². The maximum absolute atomic E-state index is 13.1. The van der Waals surface area contributed by atoms with Gasteiger partial charge in [-0.3, -0.25) is 0 Å². The van der Waals surface area contributed by atoms with Crippen molar-refractivity contribution in [3.8, 4) is 0 Å². The fourth-order valence-corrected chi connectivity index (χ4v) is 2.13. The number of rotatable bonds is 0. The Hall–Kier alpha value is 0.600. The van der Waals surface area contributed by atoms with E-state index < -0.39 is 32.4 Å². The summed E-state index contributed by atoms with van der Waals surface area (Å²) in [7, 11) is 0. The van der Waals surface area contributed by atoms with Gasteiger partial charge in [0, 0.05) is 0 Å². The Morgan fingerprint density at radius 1 is 0.389 bits per heavy atom. The maximum Gasteiger partial charge on any atom is 0.381 e. The molecule has 12 heteroatoms. The van der Waals surface area contributed by atoms with E-state index in [1.807, 2.05) is 0 Å². The van der Waals surface area contributed by atoms with E-state index in [1.54, 1.807) is 0 Å². The topological polar surface area (TPSA) is 0 Å². The van der Waals surface area contributed by atoms with E-state index in [9.17, 15) is 35.1 Å². The molecule has 1 rings (SSSR count). The molecule has 0 aromatic heterocycles. The Balaban J connectivity index is 3.72. The van der Waals surface area contributed by atoms with Crippen molar-refractivity contribution < 1.29 is 35.1 Å². The second-order valence-corrected chi connectivity index (χ2v) is 6.10. The Kier molecular flexibility index (Phi) is 3.35. The van der Waals surface area contributed by atoms with Crippen molar-refractivity contribution >= 4 is 46.4 Å². The van der Waals surface area contributed by atoms with E-state index in [-0.39, 0.29) is 0 Å². The Morgan fingerprint density at radius 3 is 0.722 bits per heavy atom. The van der Waals surface area contributed by atoms with Gasteiger partial charge in [-0.15, -0.1) is 0 Å². The number of halogens is 12. The summed E-state index contributed by atoms with van der Waals surface area (Å²) in [5, 5.41) is 0. The van der Waals surface area contributed by atoms with Crippen LogP contribution < -0.4 is 0 Å². The van der Waals surface area contributed by atoms with Gasteiger partial charge in [0.15, 0.2) is 0 Å². The quantitative estimate of drug-likeness (QED) is 0.423. The molecule has 0 aromatic rings. The van der Waals surface area contributed by atoms with Crippen molar-refractivity contribution in [3.63, 3.8) is 0 Å². The van der Waals surface area contributed by atoms with Crippen LogP contribution in [0.4, 0.5) is 35.1 Å². The molecule has 0 unspecified atom stereocenters. The molecule has 0 spiro atoms. The third-order valence-corrected chi connectivity index (χ3v) is 4.84. The smallest absolute Gasteiger partial charge is 0.196 e. The van der Waals surface area contributed by atoms with E-state index >= 15 is 0 Å². The molecular weight excluding hydrogens is 366 g/mol. The normalized spacial score (nSPS) is 34.0. The lowest BCUT2D eigenvalue weighted by Crippen LogP contribution is -2.81. The van der Waals surface area contributed by atoms with Crippen molar-refractivity contribution in [1.29, 1.82) is 0 Å². The molecule has 0 atom stereocenters. The summed E-state index contributed by atoms with van der Waals surface area (Å²) in [5.41, 5.74) is 0. The van der Waals surface area contributed by atoms with Crippen LogP contribution in [0, 0.1) is 0 Å². The molecule has 0 bridgehead atoms. The van der Waals surface area contributed by atoms with Crippen molar-refractivity contribution in [2.45, 2.75) is 32.4 Å². The van der Waals surface area contributed by atoms with E-state index in [0.29, 0.717) is 0 Å². The Morgan fingerprint density at radius 2 is 0.556 bits per heavy atom. The van der Waals surface area contributed by atoms with E-state index in [0.717, 1.165) is 0 Å². The fraction of sp³-hybridized carbons (Fsp3) is 1.00. The van der Waals surface area contributed by atoms with Gasteiger partial charge < -0.3 is 0 Å². The number of alkyl halides is 12. The Labute approximate surface area is 114 Å². The van der Waals surface area contributed by atoms with Crippen LogP contribution in [0.3, 0.4) is 0 Å². The molecular formula is C6Cl4F8. The monoisotopic (exact) mass is 364 g/mol. The third kappa shape index (κ3) is 1.36. The van der Waals surface area contributed by atoms with Crippen molar-refractivity contribution in [1.82, 2.24) is 0 Å². The number of hydrogen-bond donors (Lipinski definition) is 0. The van der Waals surface area contributed by atoms with Crippen molar-refractivity contribution in [2.75, 3.05) is 0 Å². The van der Waals surface area contributed by atoms with E-state index in [1.165, 1.54) is 0 Å². The predicted octanol–water partition coefficient (Wildman–Crippen LogP) is 4.89. The van der Waals surface area contributed by atoms with Crippen LogP contribution in [-0.4, -0.2) is 32.4 Å². The minimum Gasteiger partial charge on any atom is -0.196 e. The molecule has 1 aliphatic carbocycles. The lowest BCUT2D eigenvalue weighted by atomic mass is 9.84. The highest BCUT2D eigenvalue weighted by Crippen LogP contribution is 2.72. The van der Waals surface area contributed by atoms with Crippen molar-refractivity contribution in [3.05, 3.63) is 0 Å². The highest BCUT2D eigenvalue weighted by atomic mass is 35.5. The molecule has 0 saturated heterocycles. The van der Waals surface area contributed by atoms with Crippen LogP contribution in [0.2, 0.25) is 0 Å². The average molecular weight is 366 g/mol. The first-order chi connectivity index (χ1) is 7.50. The van der Waals surface area contributed by atoms with E-state index in [4.69, 9.17) is 0 Å².